The molecule has 2 bridgehead atoms. The average molecular weight is 323 g/mol. The molecule has 4 rings (SSSR count). The van der Waals surface area contributed by atoms with Crippen molar-refractivity contribution in [3.63, 3.8) is 0 Å². The van der Waals surface area contributed by atoms with Gasteiger partial charge in [0.05, 0.1) is 0 Å². The highest BCUT2D eigenvalue weighted by molar-refractivity contribution is 5.95. The molecule has 0 saturated carbocycles. The lowest BCUT2D eigenvalue weighted by Gasteiger charge is -2.39. The molecule has 1 amide bonds. The molecule has 3 heteroatoms. The van der Waals surface area contributed by atoms with Gasteiger partial charge in [-0.2, -0.15) is 0 Å². The van der Waals surface area contributed by atoms with E-state index in [1.54, 1.807) is 12.1 Å². The third-order valence-electron chi connectivity index (χ3n) is 5.61. The fourth-order valence-corrected chi connectivity index (χ4v) is 4.36. The molecule has 2 aromatic rings. The van der Waals surface area contributed by atoms with Crippen molar-refractivity contribution in [3.8, 4) is 0 Å². The van der Waals surface area contributed by atoms with Gasteiger partial charge in [-0.1, -0.05) is 29.8 Å². The predicted octanol–water partition coefficient (Wildman–Crippen LogP) is 4.68. The first-order valence-corrected chi connectivity index (χ1v) is 8.76. The number of hydrogen-bond donors (Lipinski definition) is 0. The van der Waals surface area contributed by atoms with Crippen LogP contribution in [0.15, 0.2) is 48.5 Å². The standard InChI is InChI=1S/C21H22FNO/c1-14-2-4-16(5-3-14)21(24)23-19-10-11-20(23)13-17(12-19)15-6-8-18(22)9-7-15/h2-9,17,19-20H,10-13H2,1H3. The molecule has 2 nitrogen and oxygen atoms in total. The Bertz CT molecular complexity index is 723. The fraction of sp³-hybridized carbons (Fsp3) is 0.381. The van der Waals surface area contributed by atoms with Crippen LogP contribution < -0.4 is 0 Å². The van der Waals surface area contributed by atoms with E-state index in [2.05, 4.69) is 4.90 Å². The number of hydrogen-bond acceptors (Lipinski definition) is 1. The second-order valence-corrected chi connectivity index (χ2v) is 7.18. The Balaban J connectivity index is 1.53. The van der Waals surface area contributed by atoms with Gasteiger partial charge in [-0.25, -0.2) is 4.39 Å². The van der Waals surface area contributed by atoms with Crippen molar-refractivity contribution in [1.82, 2.24) is 4.90 Å². The normalized spacial score (nSPS) is 25.8. The molecule has 2 saturated heterocycles. The van der Waals surface area contributed by atoms with Gasteiger partial charge < -0.3 is 4.90 Å². The summed E-state index contributed by atoms with van der Waals surface area (Å²) in [6, 6.07) is 15.4. The zero-order chi connectivity index (χ0) is 16.7. The lowest BCUT2D eigenvalue weighted by atomic mass is 9.85. The topological polar surface area (TPSA) is 20.3 Å². The molecule has 0 N–H and O–H groups in total. The van der Waals surface area contributed by atoms with Gasteiger partial charge in [-0.15, -0.1) is 0 Å². The average Bonchev–Trinajstić information content (AvgIpc) is 2.85. The maximum atomic E-state index is 13.2. The third-order valence-corrected chi connectivity index (χ3v) is 5.61. The quantitative estimate of drug-likeness (QED) is 0.785. The number of nitrogens with zero attached hydrogens (tertiary/aromatic N) is 1. The van der Waals surface area contributed by atoms with E-state index in [1.807, 2.05) is 43.3 Å². The van der Waals surface area contributed by atoms with Crippen LogP contribution in [0.5, 0.6) is 0 Å². The molecular weight excluding hydrogens is 301 g/mol. The minimum atomic E-state index is -0.186. The number of carbonyl (C=O) groups is 1. The van der Waals surface area contributed by atoms with Gasteiger partial charge in [0.1, 0.15) is 5.82 Å². The Morgan fingerprint density at radius 2 is 1.54 bits per heavy atom. The number of amides is 1. The SMILES string of the molecule is Cc1ccc(C(=O)N2C3CCC2CC(c2ccc(F)cc2)C3)cc1. The third kappa shape index (κ3) is 2.72. The molecular formula is C21H22FNO. The van der Waals surface area contributed by atoms with Crippen LogP contribution in [-0.4, -0.2) is 22.9 Å². The maximum absolute atomic E-state index is 13.2. The second kappa shape index (κ2) is 6.04. The van der Waals surface area contributed by atoms with Gasteiger partial charge in [0.2, 0.25) is 0 Å². The molecule has 2 fully saturated rings. The molecule has 0 aromatic heterocycles. The molecule has 0 spiro atoms. The summed E-state index contributed by atoms with van der Waals surface area (Å²) in [5.74, 6) is 0.416. The number of piperidine rings is 1. The first-order valence-electron chi connectivity index (χ1n) is 8.76. The van der Waals surface area contributed by atoms with Crippen LogP contribution in [0.1, 0.15) is 53.1 Å². The summed E-state index contributed by atoms with van der Waals surface area (Å²) in [5, 5.41) is 0. The van der Waals surface area contributed by atoms with E-state index in [0.717, 1.165) is 31.2 Å². The zero-order valence-corrected chi connectivity index (χ0v) is 13.9. The van der Waals surface area contributed by atoms with E-state index < -0.39 is 0 Å². The lowest BCUT2D eigenvalue weighted by Crippen LogP contribution is -2.46. The van der Waals surface area contributed by atoms with Crippen molar-refractivity contribution in [3.05, 3.63) is 71.0 Å². The monoisotopic (exact) mass is 323 g/mol. The van der Waals surface area contributed by atoms with E-state index in [1.165, 1.54) is 11.1 Å². The van der Waals surface area contributed by atoms with E-state index >= 15 is 0 Å². The Morgan fingerprint density at radius 1 is 0.958 bits per heavy atom. The predicted molar refractivity (Wildman–Crippen MR) is 92.5 cm³/mol. The van der Waals surface area contributed by atoms with Crippen molar-refractivity contribution in [2.45, 2.75) is 50.6 Å². The van der Waals surface area contributed by atoms with Gasteiger partial charge in [-0.05, 0) is 68.4 Å². The largest absolute Gasteiger partial charge is 0.333 e. The summed E-state index contributed by atoms with van der Waals surface area (Å²) >= 11 is 0. The molecule has 2 heterocycles. The van der Waals surface area contributed by atoms with E-state index in [9.17, 15) is 9.18 Å². The van der Waals surface area contributed by atoms with Gasteiger partial charge in [0, 0.05) is 17.6 Å². The zero-order valence-electron chi connectivity index (χ0n) is 13.9. The van der Waals surface area contributed by atoms with Gasteiger partial charge in [-0.3, -0.25) is 4.79 Å². The molecule has 124 valence electrons. The minimum absolute atomic E-state index is 0.167. The second-order valence-electron chi connectivity index (χ2n) is 7.18. The van der Waals surface area contributed by atoms with Crippen LogP contribution in [-0.2, 0) is 0 Å². The maximum Gasteiger partial charge on any atom is 0.254 e. The summed E-state index contributed by atoms with van der Waals surface area (Å²) in [5.41, 5.74) is 3.16. The van der Waals surface area contributed by atoms with Crippen molar-refractivity contribution < 1.29 is 9.18 Å². The highest BCUT2D eigenvalue weighted by Gasteiger charge is 2.43. The highest BCUT2D eigenvalue weighted by atomic mass is 19.1. The smallest absolute Gasteiger partial charge is 0.254 e. The van der Waals surface area contributed by atoms with Crippen LogP contribution >= 0.6 is 0 Å². The minimum Gasteiger partial charge on any atom is -0.333 e. The number of fused-ring (bicyclic) bond motifs is 2. The van der Waals surface area contributed by atoms with Crippen LogP contribution in [0.25, 0.3) is 0 Å². The summed E-state index contributed by atoms with van der Waals surface area (Å²) in [6.45, 7) is 2.03. The van der Waals surface area contributed by atoms with Gasteiger partial charge in [0.15, 0.2) is 0 Å². The Hall–Kier alpha value is -2.16. The fourth-order valence-electron chi connectivity index (χ4n) is 4.36. The van der Waals surface area contributed by atoms with Gasteiger partial charge >= 0.3 is 0 Å². The molecule has 0 aliphatic carbocycles. The molecule has 2 atom stereocenters. The number of benzene rings is 2. The van der Waals surface area contributed by atoms with Crippen LogP contribution in [0.2, 0.25) is 0 Å². The Labute approximate surface area is 142 Å². The van der Waals surface area contributed by atoms with Crippen molar-refractivity contribution in [2.24, 2.45) is 0 Å². The van der Waals surface area contributed by atoms with Crippen LogP contribution in [0.3, 0.4) is 0 Å². The Morgan fingerprint density at radius 3 is 2.12 bits per heavy atom. The summed E-state index contributed by atoms with van der Waals surface area (Å²) in [6.07, 6.45) is 4.14. The van der Waals surface area contributed by atoms with E-state index in [0.29, 0.717) is 18.0 Å². The summed E-state index contributed by atoms with van der Waals surface area (Å²) in [7, 11) is 0. The van der Waals surface area contributed by atoms with Gasteiger partial charge in [0.25, 0.3) is 5.91 Å². The first-order chi connectivity index (χ1) is 11.6. The van der Waals surface area contributed by atoms with Crippen molar-refractivity contribution >= 4 is 5.91 Å². The molecule has 2 unspecified atom stereocenters. The Kier molecular flexibility index (Phi) is 3.87. The molecule has 0 radical (unpaired) electrons. The summed E-state index contributed by atoms with van der Waals surface area (Å²) in [4.78, 5) is 15.1. The number of carbonyl (C=O) groups excluding carboxylic acids is 1. The molecule has 2 aliphatic heterocycles. The number of aryl methyl sites for hydroxylation is 1. The van der Waals surface area contributed by atoms with Crippen molar-refractivity contribution in [2.75, 3.05) is 0 Å². The van der Waals surface area contributed by atoms with Crippen LogP contribution in [0, 0.1) is 12.7 Å². The summed E-state index contributed by atoms with van der Waals surface area (Å²) < 4.78 is 13.2. The molecule has 2 aliphatic rings. The van der Waals surface area contributed by atoms with Crippen LogP contribution in [0.4, 0.5) is 4.39 Å². The number of rotatable bonds is 2. The van der Waals surface area contributed by atoms with E-state index in [-0.39, 0.29) is 11.7 Å². The number of halogens is 1. The molecule has 2 aromatic carbocycles. The van der Waals surface area contributed by atoms with E-state index in [4.69, 9.17) is 0 Å². The lowest BCUT2D eigenvalue weighted by molar-refractivity contribution is 0.0571. The first kappa shape index (κ1) is 15.4. The van der Waals surface area contributed by atoms with Crippen molar-refractivity contribution in [1.29, 1.82) is 0 Å². The molecule has 24 heavy (non-hydrogen) atoms. The highest BCUT2D eigenvalue weighted by Crippen LogP contribution is 2.43.